The Hall–Kier alpha value is -2.90. The number of fused-ring (bicyclic) bond motifs is 4. The summed E-state index contributed by atoms with van der Waals surface area (Å²) in [5.41, 5.74) is 2.36. The Morgan fingerprint density at radius 3 is 2.96 bits per heavy atom. The van der Waals surface area contributed by atoms with E-state index >= 15 is 0 Å². The first-order valence-corrected chi connectivity index (χ1v) is 9.13. The first-order chi connectivity index (χ1) is 13.2. The fourth-order valence-electron chi connectivity index (χ4n) is 4.29. The molecule has 2 aliphatic rings. The molecule has 0 saturated carbocycles. The molecule has 2 saturated heterocycles. The normalized spacial score (nSPS) is 20.8. The lowest BCUT2D eigenvalue weighted by Crippen LogP contribution is -2.43. The molecule has 5 heterocycles. The minimum atomic E-state index is -0.382. The number of piperazine rings is 1. The van der Waals surface area contributed by atoms with Gasteiger partial charge in [0.15, 0.2) is 0 Å². The second kappa shape index (κ2) is 6.32. The van der Waals surface area contributed by atoms with Gasteiger partial charge in [0.25, 0.3) is 0 Å². The topological polar surface area (TPSA) is 75.7 Å². The summed E-state index contributed by atoms with van der Waals surface area (Å²) in [5.74, 6) is 0.556. The van der Waals surface area contributed by atoms with Crippen molar-refractivity contribution in [1.82, 2.24) is 19.7 Å². The van der Waals surface area contributed by atoms with E-state index in [0.29, 0.717) is 34.7 Å². The zero-order valence-electron chi connectivity index (χ0n) is 14.9. The van der Waals surface area contributed by atoms with Gasteiger partial charge in [0.05, 0.1) is 11.3 Å². The summed E-state index contributed by atoms with van der Waals surface area (Å²) in [7, 11) is 0. The number of aromatic nitrogens is 3. The smallest absolute Gasteiger partial charge is 0.345 e. The summed E-state index contributed by atoms with van der Waals surface area (Å²) < 4.78 is 7.45. The van der Waals surface area contributed by atoms with Crippen molar-refractivity contribution in [3.05, 3.63) is 59.3 Å². The van der Waals surface area contributed by atoms with Crippen LogP contribution in [0.15, 0.2) is 58.1 Å². The van der Waals surface area contributed by atoms with E-state index in [4.69, 9.17) is 4.42 Å². The molecule has 6 rings (SSSR count). The predicted molar refractivity (Wildman–Crippen MR) is 109 cm³/mol. The summed E-state index contributed by atoms with van der Waals surface area (Å²) in [6.07, 6.45) is 6.51. The van der Waals surface area contributed by atoms with Crippen molar-refractivity contribution in [2.75, 3.05) is 18.0 Å². The zero-order chi connectivity index (χ0) is 18.0. The number of hydrogen-bond donors (Lipinski definition) is 1. The molecule has 3 aromatic heterocycles. The van der Waals surface area contributed by atoms with Crippen LogP contribution in [0.25, 0.3) is 28.0 Å². The summed E-state index contributed by atoms with van der Waals surface area (Å²) in [4.78, 5) is 23.7. The summed E-state index contributed by atoms with van der Waals surface area (Å²) >= 11 is 0. The Morgan fingerprint density at radius 2 is 2.18 bits per heavy atom. The third kappa shape index (κ3) is 2.58. The minimum absolute atomic E-state index is 0. The van der Waals surface area contributed by atoms with E-state index in [9.17, 15) is 4.79 Å². The van der Waals surface area contributed by atoms with Gasteiger partial charge in [-0.1, -0.05) is 0 Å². The van der Waals surface area contributed by atoms with Crippen molar-refractivity contribution < 1.29 is 4.42 Å². The van der Waals surface area contributed by atoms with Crippen LogP contribution in [0, 0.1) is 0 Å². The maximum atomic E-state index is 12.6. The molecule has 1 N–H and O–H groups in total. The van der Waals surface area contributed by atoms with Gasteiger partial charge in [0.2, 0.25) is 5.78 Å². The Kier molecular flexibility index (Phi) is 3.89. The van der Waals surface area contributed by atoms with Gasteiger partial charge in [-0.05, 0) is 30.7 Å². The van der Waals surface area contributed by atoms with Gasteiger partial charge < -0.3 is 14.6 Å². The highest BCUT2D eigenvalue weighted by molar-refractivity contribution is 5.85. The molecule has 0 amide bonds. The molecule has 142 valence electrons. The lowest BCUT2D eigenvalue weighted by atomic mass is 10.1. The van der Waals surface area contributed by atoms with Gasteiger partial charge in [-0.25, -0.2) is 14.8 Å². The number of nitrogens with one attached hydrogen (secondary N) is 1. The molecule has 2 aliphatic heterocycles. The molecular weight excluding hydrogens is 378 g/mol. The van der Waals surface area contributed by atoms with Crippen molar-refractivity contribution in [3.8, 4) is 11.3 Å². The van der Waals surface area contributed by atoms with Crippen molar-refractivity contribution >= 4 is 34.8 Å². The first-order valence-electron chi connectivity index (χ1n) is 9.13. The minimum Gasteiger partial charge on any atom is -0.422 e. The molecule has 2 fully saturated rings. The number of benzene rings is 1. The van der Waals surface area contributed by atoms with Crippen LogP contribution in [0.2, 0.25) is 0 Å². The summed E-state index contributed by atoms with van der Waals surface area (Å²) in [6, 6.07) is 10.9. The molecule has 0 radical (unpaired) electrons. The first kappa shape index (κ1) is 17.2. The maximum absolute atomic E-state index is 12.6. The second-order valence-electron chi connectivity index (χ2n) is 7.27. The highest BCUT2D eigenvalue weighted by Gasteiger charge is 2.37. The lowest BCUT2D eigenvalue weighted by molar-refractivity contribution is 0.561. The number of nitrogens with zero attached hydrogens (tertiary/aromatic N) is 4. The van der Waals surface area contributed by atoms with Crippen molar-refractivity contribution in [3.63, 3.8) is 0 Å². The van der Waals surface area contributed by atoms with E-state index < -0.39 is 0 Å². The van der Waals surface area contributed by atoms with Crippen LogP contribution in [-0.2, 0) is 0 Å². The highest BCUT2D eigenvalue weighted by atomic mass is 35.5. The molecule has 1 aromatic carbocycles. The lowest BCUT2D eigenvalue weighted by Gasteiger charge is -2.29. The Morgan fingerprint density at radius 1 is 1.25 bits per heavy atom. The van der Waals surface area contributed by atoms with Gasteiger partial charge in [-0.3, -0.25) is 4.40 Å². The molecule has 7 nitrogen and oxygen atoms in total. The third-order valence-electron chi connectivity index (χ3n) is 5.62. The largest absolute Gasteiger partial charge is 0.422 e. The van der Waals surface area contributed by atoms with Crippen LogP contribution < -0.4 is 15.8 Å². The second-order valence-corrected chi connectivity index (χ2v) is 7.27. The Bertz CT molecular complexity index is 1220. The SMILES string of the molecule is Cl.O=c1oc2cc(N3C[C@@H]4C[C@H]3CN4)ccc2cc1-c1cn2cccnc2n1. The molecule has 28 heavy (non-hydrogen) atoms. The van der Waals surface area contributed by atoms with Crippen LogP contribution in [0.3, 0.4) is 0 Å². The highest BCUT2D eigenvalue weighted by Crippen LogP contribution is 2.31. The van der Waals surface area contributed by atoms with Crippen LogP contribution in [0.4, 0.5) is 5.69 Å². The van der Waals surface area contributed by atoms with Gasteiger partial charge in [0, 0.05) is 60.9 Å². The monoisotopic (exact) mass is 395 g/mol. The Balaban J connectivity index is 0.00000171. The zero-order valence-corrected chi connectivity index (χ0v) is 15.7. The molecular formula is C20H18ClN5O2. The van der Waals surface area contributed by atoms with Gasteiger partial charge in [-0.15, -0.1) is 12.4 Å². The third-order valence-corrected chi connectivity index (χ3v) is 5.62. The van der Waals surface area contributed by atoms with Crippen molar-refractivity contribution in [2.45, 2.75) is 18.5 Å². The average molecular weight is 396 g/mol. The predicted octanol–water partition coefficient (Wildman–Crippen LogP) is 2.48. The van der Waals surface area contributed by atoms with E-state index in [1.165, 1.54) is 6.42 Å². The van der Waals surface area contributed by atoms with E-state index in [-0.39, 0.29) is 18.0 Å². The quantitative estimate of drug-likeness (QED) is 0.525. The fraction of sp³-hybridized carbons (Fsp3) is 0.250. The molecule has 4 aromatic rings. The molecule has 8 heteroatoms. The number of rotatable bonds is 2. The average Bonchev–Trinajstić information content (AvgIpc) is 3.41. The van der Waals surface area contributed by atoms with E-state index in [2.05, 4.69) is 26.3 Å². The van der Waals surface area contributed by atoms with Gasteiger partial charge >= 0.3 is 5.63 Å². The van der Waals surface area contributed by atoms with E-state index in [1.54, 1.807) is 16.8 Å². The number of imidazole rings is 1. The summed E-state index contributed by atoms with van der Waals surface area (Å²) in [6.45, 7) is 2.03. The molecule has 2 atom stereocenters. The molecule has 0 spiro atoms. The van der Waals surface area contributed by atoms with E-state index in [1.807, 2.05) is 30.5 Å². The van der Waals surface area contributed by atoms with Gasteiger partial charge in [-0.2, -0.15) is 0 Å². The molecule has 0 aliphatic carbocycles. The van der Waals surface area contributed by atoms with Crippen molar-refractivity contribution in [2.24, 2.45) is 0 Å². The van der Waals surface area contributed by atoms with Gasteiger partial charge in [0.1, 0.15) is 5.58 Å². The molecule has 0 unspecified atom stereocenters. The number of halogens is 1. The fourth-order valence-corrected chi connectivity index (χ4v) is 4.29. The Labute approximate surface area is 166 Å². The number of anilines is 1. The number of hydrogen-bond acceptors (Lipinski definition) is 6. The maximum Gasteiger partial charge on any atom is 0.345 e. The van der Waals surface area contributed by atoms with Crippen LogP contribution >= 0.6 is 12.4 Å². The van der Waals surface area contributed by atoms with Crippen LogP contribution in [-0.4, -0.2) is 39.5 Å². The van der Waals surface area contributed by atoms with Crippen LogP contribution in [0.1, 0.15) is 6.42 Å². The standard InChI is InChI=1S/C20H17N5O2.ClH/c26-19-16(17-11-24-5-1-4-21-20(24)23-17)6-12-2-3-14(8-18(12)27-19)25-10-13-7-15(25)9-22-13;/h1-6,8,11,13,15,22H,7,9-10H2;1H/t13-,15-;/m0./s1. The summed E-state index contributed by atoms with van der Waals surface area (Å²) in [5, 5.41) is 4.40. The van der Waals surface area contributed by atoms with Crippen molar-refractivity contribution in [1.29, 1.82) is 0 Å². The van der Waals surface area contributed by atoms with Crippen LogP contribution in [0.5, 0.6) is 0 Å². The van der Waals surface area contributed by atoms with E-state index in [0.717, 1.165) is 24.2 Å². The molecule has 2 bridgehead atoms.